The molecule has 0 aliphatic heterocycles. The molecular weight excluding hydrogens is 248 g/mol. The van der Waals surface area contributed by atoms with Crippen LogP contribution in [-0.2, 0) is 18.1 Å². The number of benzene rings is 1. The Balaban J connectivity index is 1.52. The zero-order valence-corrected chi connectivity index (χ0v) is 12.0. The first-order valence-electron chi connectivity index (χ1n) is 7.31. The first-order chi connectivity index (χ1) is 9.86. The maximum absolute atomic E-state index is 5.75. The molecule has 3 nitrogen and oxygen atoms in total. The van der Waals surface area contributed by atoms with Crippen LogP contribution < -0.4 is 5.32 Å². The molecule has 2 aromatic rings. The molecule has 1 aliphatic rings. The number of nitrogens with one attached hydrogen (secondary N) is 1. The first-order valence-corrected chi connectivity index (χ1v) is 7.31. The predicted octanol–water partition coefficient (Wildman–Crippen LogP) is 3.33. The number of nitrogens with zero attached hydrogens (tertiary/aromatic N) is 1. The van der Waals surface area contributed by atoms with Gasteiger partial charge in [-0.15, -0.1) is 0 Å². The lowest BCUT2D eigenvalue weighted by Gasteiger charge is -2.13. The lowest BCUT2D eigenvalue weighted by atomic mass is 10.1. The van der Waals surface area contributed by atoms with E-state index >= 15 is 0 Å². The molecule has 1 atom stereocenters. The number of hydrogen-bond acceptors (Lipinski definition) is 2. The Morgan fingerprint density at radius 2 is 2.05 bits per heavy atom. The summed E-state index contributed by atoms with van der Waals surface area (Å²) in [4.78, 5) is 0. The Bertz CT molecular complexity index is 531. The van der Waals surface area contributed by atoms with Crippen molar-refractivity contribution in [1.82, 2.24) is 9.88 Å². The molecule has 1 aromatic heterocycles. The van der Waals surface area contributed by atoms with Crippen molar-refractivity contribution in [2.45, 2.75) is 32.2 Å². The highest BCUT2D eigenvalue weighted by Gasteiger charge is 2.31. The fourth-order valence-electron chi connectivity index (χ4n) is 2.67. The predicted molar refractivity (Wildman–Crippen MR) is 80.2 cm³/mol. The molecule has 1 aliphatic carbocycles. The number of aromatic nitrogens is 1. The van der Waals surface area contributed by atoms with E-state index in [-0.39, 0.29) is 0 Å². The van der Waals surface area contributed by atoms with Gasteiger partial charge in [0, 0.05) is 18.4 Å². The van der Waals surface area contributed by atoms with E-state index in [4.69, 9.17) is 4.74 Å². The van der Waals surface area contributed by atoms with E-state index in [1.54, 1.807) is 0 Å². The van der Waals surface area contributed by atoms with E-state index in [9.17, 15) is 0 Å². The lowest BCUT2D eigenvalue weighted by molar-refractivity contribution is 0.0641. The Morgan fingerprint density at radius 1 is 1.25 bits per heavy atom. The molecule has 20 heavy (non-hydrogen) atoms. The highest BCUT2D eigenvalue weighted by atomic mass is 16.5. The van der Waals surface area contributed by atoms with Gasteiger partial charge in [-0.1, -0.05) is 30.3 Å². The van der Waals surface area contributed by atoms with E-state index in [1.807, 2.05) is 25.2 Å². The van der Waals surface area contributed by atoms with Gasteiger partial charge in [0.1, 0.15) is 6.73 Å². The minimum absolute atomic E-state index is 0.505. The van der Waals surface area contributed by atoms with Gasteiger partial charge in [0.25, 0.3) is 0 Å². The average molecular weight is 270 g/mol. The van der Waals surface area contributed by atoms with Crippen LogP contribution in [0.15, 0.2) is 48.8 Å². The molecule has 0 spiro atoms. The van der Waals surface area contributed by atoms with Gasteiger partial charge in [-0.2, -0.15) is 0 Å². The van der Waals surface area contributed by atoms with Gasteiger partial charge in [-0.25, -0.2) is 0 Å². The minimum atomic E-state index is 0.505. The van der Waals surface area contributed by atoms with Crippen LogP contribution in [0.3, 0.4) is 0 Å². The van der Waals surface area contributed by atoms with Gasteiger partial charge >= 0.3 is 0 Å². The van der Waals surface area contributed by atoms with Gasteiger partial charge < -0.3 is 14.6 Å². The standard InChI is InChI=1S/C17H22N2O/c1-18-17(15-7-8-15)16-9-10-19(11-16)13-20-12-14-5-3-2-4-6-14/h2-6,9-11,15,17-18H,7-8,12-13H2,1H3. The molecule has 1 aromatic carbocycles. The van der Waals surface area contributed by atoms with Gasteiger partial charge in [0.05, 0.1) is 6.61 Å². The third-order valence-electron chi connectivity index (χ3n) is 3.89. The second kappa shape index (κ2) is 6.25. The first kappa shape index (κ1) is 13.4. The third kappa shape index (κ3) is 3.30. The van der Waals surface area contributed by atoms with E-state index < -0.39 is 0 Å². The second-order valence-corrected chi connectivity index (χ2v) is 5.53. The fourth-order valence-corrected chi connectivity index (χ4v) is 2.67. The summed E-state index contributed by atoms with van der Waals surface area (Å²) in [6.07, 6.45) is 7.00. The highest BCUT2D eigenvalue weighted by Crippen LogP contribution is 2.40. The van der Waals surface area contributed by atoms with E-state index in [1.165, 1.54) is 24.0 Å². The van der Waals surface area contributed by atoms with Crippen molar-refractivity contribution in [3.8, 4) is 0 Å². The topological polar surface area (TPSA) is 26.2 Å². The summed E-state index contributed by atoms with van der Waals surface area (Å²) in [6, 6.07) is 13.0. The molecule has 1 N–H and O–H groups in total. The van der Waals surface area contributed by atoms with Crippen LogP contribution in [-0.4, -0.2) is 11.6 Å². The summed E-state index contributed by atoms with van der Waals surface area (Å²) >= 11 is 0. The second-order valence-electron chi connectivity index (χ2n) is 5.53. The molecule has 0 bridgehead atoms. The lowest BCUT2D eigenvalue weighted by Crippen LogP contribution is -2.17. The van der Waals surface area contributed by atoms with E-state index in [2.05, 4.69) is 40.5 Å². The van der Waals surface area contributed by atoms with Crippen LogP contribution in [0.4, 0.5) is 0 Å². The van der Waals surface area contributed by atoms with Gasteiger partial charge in [0.2, 0.25) is 0 Å². The maximum atomic E-state index is 5.75. The van der Waals surface area contributed by atoms with Crippen molar-refractivity contribution in [2.24, 2.45) is 5.92 Å². The van der Waals surface area contributed by atoms with Crippen molar-refractivity contribution in [1.29, 1.82) is 0 Å². The van der Waals surface area contributed by atoms with E-state index in [0.717, 1.165) is 5.92 Å². The molecule has 106 valence electrons. The van der Waals surface area contributed by atoms with Crippen molar-refractivity contribution in [3.05, 3.63) is 59.9 Å². The quantitative estimate of drug-likeness (QED) is 0.835. The van der Waals surface area contributed by atoms with Crippen LogP contribution in [0, 0.1) is 5.92 Å². The highest BCUT2D eigenvalue weighted by molar-refractivity contribution is 5.18. The zero-order valence-electron chi connectivity index (χ0n) is 12.0. The van der Waals surface area contributed by atoms with Gasteiger partial charge in [0.15, 0.2) is 0 Å². The summed E-state index contributed by atoms with van der Waals surface area (Å²) in [5.41, 5.74) is 2.59. The Morgan fingerprint density at radius 3 is 2.75 bits per heavy atom. The molecule has 1 unspecified atom stereocenters. The third-order valence-corrected chi connectivity index (χ3v) is 3.89. The summed E-state index contributed by atoms with van der Waals surface area (Å²) < 4.78 is 7.87. The largest absolute Gasteiger partial charge is 0.356 e. The maximum Gasteiger partial charge on any atom is 0.122 e. The average Bonchev–Trinajstić information content (AvgIpc) is 3.21. The SMILES string of the molecule is CNC(c1ccn(COCc2ccccc2)c1)C1CC1. The summed E-state index contributed by atoms with van der Waals surface area (Å²) in [5, 5.41) is 3.42. The summed E-state index contributed by atoms with van der Waals surface area (Å²) in [5.74, 6) is 0.820. The smallest absolute Gasteiger partial charge is 0.122 e. The minimum Gasteiger partial charge on any atom is -0.356 e. The molecule has 0 radical (unpaired) electrons. The van der Waals surface area contributed by atoms with Crippen LogP contribution in [0.1, 0.15) is 30.0 Å². The summed E-state index contributed by atoms with van der Waals surface area (Å²) in [6.45, 7) is 1.27. The monoisotopic (exact) mass is 270 g/mol. The molecule has 0 saturated heterocycles. The van der Waals surface area contributed by atoms with E-state index in [0.29, 0.717) is 19.4 Å². The van der Waals surface area contributed by atoms with Crippen LogP contribution in [0.5, 0.6) is 0 Å². The molecule has 1 saturated carbocycles. The normalized spacial score (nSPS) is 16.2. The molecule has 1 fully saturated rings. The van der Waals surface area contributed by atoms with Crippen molar-refractivity contribution < 1.29 is 4.74 Å². The summed E-state index contributed by atoms with van der Waals surface area (Å²) in [7, 11) is 2.05. The Hall–Kier alpha value is -1.58. The fraction of sp³-hybridized carbons (Fsp3) is 0.412. The van der Waals surface area contributed by atoms with Crippen molar-refractivity contribution >= 4 is 0 Å². The van der Waals surface area contributed by atoms with Gasteiger partial charge in [-0.05, 0) is 43.0 Å². The molecular formula is C17H22N2O. The van der Waals surface area contributed by atoms with Crippen LogP contribution in [0.2, 0.25) is 0 Å². The van der Waals surface area contributed by atoms with Crippen LogP contribution in [0.25, 0.3) is 0 Å². The Labute approximate surface area is 120 Å². The van der Waals surface area contributed by atoms with Crippen molar-refractivity contribution in [2.75, 3.05) is 7.05 Å². The number of ether oxygens (including phenoxy) is 1. The van der Waals surface area contributed by atoms with Gasteiger partial charge in [-0.3, -0.25) is 0 Å². The Kier molecular flexibility index (Phi) is 4.19. The number of rotatable bonds is 7. The molecule has 1 heterocycles. The zero-order chi connectivity index (χ0) is 13.8. The molecule has 3 rings (SSSR count). The van der Waals surface area contributed by atoms with Crippen LogP contribution >= 0.6 is 0 Å². The van der Waals surface area contributed by atoms with Crippen molar-refractivity contribution in [3.63, 3.8) is 0 Å². The molecule has 0 amide bonds. The number of hydrogen-bond donors (Lipinski definition) is 1. The molecule has 3 heteroatoms.